The van der Waals surface area contributed by atoms with Gasteiger partial charge < -0.3 is 14.5 Å². The minimum Gasteiger partial charge on any atom is -0.497 e. The Kier molecular flexibility index (Phi) is 5.33. The maximum absolute atomic E-state index is 5.80. The van der Waals surface area contributed by atoms with Crippen LogP contribution < -0.4 is 10.1 Å². The lowest BCUT2D eigenvalue weighted by atomic mass is 10.0. The van der Waals surface area contributed by atoms with E-state index in [2.05, 4.69) is 47.6 Å². The number of nitrogens with one attached hydrogen (secondary N) is 1. The Bertz CT molecular complexity index is 820. The molecule has 0 saturated carbocycles. The van der Waals surface area contributed by atoms with Crippen molar-refractivity contribution in [2.24, 2.45) is 0 Å². The fourth-order valence-electron chi connectivity index (χ4n) is 2.83. The number of para-hydroxylation sites is 1. The Morgan fingerprint density at radius 3 is 2.40 bits per heavy atom. The first-order valence-electron chi connectivity index (χ1n) is 8.56. The smallest absolute Gasteiger partial charge is 0.247 e. The summed E-state index contributed by atoms with van der Waals surface area (Å²) in [5, 5.41) is 11.8. The molecule has 2 aromatic carbocycles. The van der Waals surface area contributed by atoms with Gasteiger partial charge in [-0.3, -0.25) is 0 Å². The molecule has 0 saturated heterocycles. The molecule has 0 amide bonds. The SMILES string of the molecule is CCc1cccc(CC)c1NCc1nnc(-c2cccc(OC)c2)o1. The number of methoxy groups -OCH3 is 1. The number of hydrogen-bond acceptors (Lipinski definition) is 5. The molecule has 1 aromatic heterocycles. The molecule has 0 radical (unpaired) electrons. The number of rotatable bonds is 7. The molecule has 0 spiro atoms. The summed E-state index contributed by atoms with van der Waals surface area (Å²) in [6.07, 6.45) is 1.96. The Hall–Kier alpha value is -2.82. The van der Waals surface area contributed by atoms with Gasteiger partial charge >= 0.3 is 0 Å². The van der Waals surface area contributed by atoms with Crippen molar-refractivity contribution in [3.05, 3.63) is 59.5 Å². The average Bonchev–Trinajstić information content (AvgIpc) is 3.15. The van der Waals surface area contributed by atoms with Crippen LogP contribution in [0.15, 0.2) is 46.9 Å². The van der Waals surface area contributed by atoms with Crippen LogP contribution in [0.25, 0.3) is 11.5 Å². The van der Waals surface area contributed by atoms with Crippen LogP contribution in [-0.2, 0) is 19.4 Å². The summed E-state index contributed by atoms with van der Waals surface area (Å²) in [4.78, 5) is 0. The van der Waals surface area contributed by atoms with Gasteiger partial charge in [-0.1, -0.05) is 38.1 Å². The molecule has 0 unspecified atom stereocenters. The van der Waals surface area contributed by atoms with Crippen molar-refractivity contribution >= 4 is 5.69 Å². The van der Waals surface area contributed by atoms with Gasteiger partial charge in [-0.15, -0.1) is 10.2 Å². The number of nitrogens with zero attached hydrogens (tertiary/aromatic N) is 2. The fraction of sp³-hybridized carbons (Fsp3) is 0.300. The van der Waals surface area contributed by atoms with Crippen LogP contribution in [0.4, 0.5) is 5.69 Å². The number of anilines is 1. The van der Waals surface area contributed by atoms with E-state index in [0.717, 1.165) is 24.2 Å². The van der Waals surface area contributed by atoms with E-state index in [1.54, 1.807) is 7.11 Å². The van der Waals surface area contributed by atoms with Crippen molar-refractivity contribution < 1.29 is 9.15 Å². The molecule has 5 nitrogen and oxygen atoms in total. The van der Waals surface area contributed by atoms with Crippen molar-refractivity contribution in [1.82, 2.24) is 10.2 Å². The van der Waals surface area contributed by atoms with Crippen LogP contribution in [-0.4, -0.2) is 17.3 Å². The van der Waals surface area contributed by atoms with Gasteiger partial charge in [0.25, 0.3) is 0 Å². The quantitative estimate of drug-likeness (QED) is 0.689. The molecule has 3 aromatic rings. The first-order chi connectivity index (χ1) is 12.2. The van der Waals surface area contributed by atoms with Crippen molar-refractivity contribution in [1.29, 1.82) is 0 Å². The molecule has 0 aliphatic heterocycles. The highest BCUT2D eigenvalue weighted by Crippen LogP contribution is 2.25. The molecule has 0 fully saturated rings. The zero-order valence-electron chi connectivity index (χ0n) is 14.9. The Morgan fingerprint density at radius 2 is 1.72 bits per heavy atom. The zero-order valence-corrected chi connectivity index (χ0v) is 14.9. The maximum atomic E-state index is 5.80. The lowest BCUT2D eigenvalue weighted by molar-refractivity contribution is 0.414. The lowest BCUT2D eigenvalue weighted by Gasteiger charge is -2.14. The molecule has 25 heavy (non-hydrogen) atoms. The lowest BCUT2D eigenvalue weighted by Crippen LogP contribution is -2.05. The molecule has 0 atom stereocenters. The number of hydrogen-bond donors (Lipinski definition) is 1. The highest BCUT2D eigenvalue weighted by Gasteiger charge is 2.11. The third kappa shape index (κ3) is 3.82. The van der Waals surface area contributed by atoms with Crippen molar-refractivity contribution in [3.63, 3.8) is 0 Å². The molecule has 5 heteroatoms. The van der Waals surface area contributed by atoms with Gasteiger partial charge in [0.2, 0.25) is 11.8 Å². The minimum atomic E-state index is 0.496. The van der Waals surface area contributed by atoms with Crippen LogP contribution >= 0.6 is 0 Å². The van der Waals surface area contributed by atoms with Crippen molar-refractivity contribution in [2.75, 3.05) is 12.4 Å². The molecule has 1 N–H and O–H groups in total. The fourth-order valence-corrected chi connectivity index (χ4v) is 2.83. The van der Waals surface area contributed by atoms with Gasteiger partial charge in [-0.05, 0) is 42.2 Å². The third-order valence-corrected chi connectivity index (χ3v) is 4.20. The standard InChI is InChI=1S/C20H23N3O2/c1-4-14-8-6-9-15(5-2)19(14)21-13-18-22-23-20(25-18)16-10-7-11-17(12-16)24-3/h6-12,21H,4-5,13H2,1-3H3. The van der Waals surface area contributed by atoms with E-state index in [1.165, 1.54) is 16.8 Å². The molecule has 130 valence electrons. The van der Waals surface area contributed by atoms with Gasteiger partial charge in [-0.25, -0.2) is 0 Å². The highest BCUT2D eigenvalue weighted by atomic mass is 16.5. The van der Waals surface area contributed by atoms with Crippen LogP contribution in [0.3, 0.4) is 0 Å². The molecule has 0 aliphatic rings. The summed E-state index contributed by atoms with van der Waals surface area (Å²) in [6.45, 7) is 4.82. The highest BCUT2D eigenvalue weighted by molar-refractivity contribution is 5.58. The van der Waals surface area contributed by atoms with Gasteiger partial charge in [-0.2, -0.15) is 0 Å². The predicted octanol–water partition coefficient (Wildman–Crippen LogP) is 4.48. The van der Waals surface area contributed by atoms with Gasteiger partial charge in [0.15, 0.2) is 0 Å². The summed E-state index contributed by atoms with van der Waals surface area (Å²) < 4.78 is 11.0. The molecule has 1 heterocycles. The number of aryl methyl sites for hydroxylation is 2. The number of aromatic nitrogens is 2. The van der Waals surface area contributed by atoms with E-state index in [-0.39, 0.29) is 0 Å². The van der Waals surface area contributed by atoms with Crippen LogP contribution in [0.5, 0.6) is 5.75 Å². The Labute approximate surface area is 148 Å². The van der Waals surface area contributed by atoms with E-state index >= 15 is 0 Å². The van der Waals surface area contributed by atoms with Crippen molar-refractivity contribution in [2.45, 2.75) is 33.2 Å². The Balaban J connectivity index is 1.76. The summed E-state index contributed by atoms with van der Waals surface area (Å²) in [6, 6.07) is 14.0. The maximum Gasteiger partial charge on any atom is 0.247 e. The summed E-state index contributed by atoms with van der Waals surface area (Å²) in [7, 11) is 1.64. The van der Waals surface area contributed by atoms with E-state index < -0.39 is 0 Å². The summed E-state index contributed by atoms with van der Waals surface area (Å²) in [5.41, 5.74) is 4.62. The van der Waals surface area contributed by atoms with Crippen LogP contribution in [0.2, 0.25) is 0 Å². The second kappa shape index (κ2) is 7.83. The molecular formula is C20H23N3O2. The third-order valence-electron chi connectivity index (χ3n) is 4.20. The van der Waals surface area contributed by atoms with E-state index in [4.69, 9.17) is 9.15 Å². The van der Waals surface area contributed by atoms with Crippen LogP contribution in [0, 0.1) is 0 Å². The van der Waals surface area contributed by atoms with E-state index in [1.807, 2.05) is 24.3 Å². The van der Waals surface area contributed by atoms with Crippen molar-refractivity contribution in [3.8, 4) is 17.2 Å². The van der Waals surface area contributed by atoms with Gasteiger partial charge in [0, 0.05) is 11.3 Å². The first kappa shape index (κ1) is 17.0. The molecule has 0 bridgehead atoms. The van der Waals surface area contributed by atoms with Crippen LogP contribution in [0.1, 0.15) is 30.9 Å². The average molecular weight is 337 g/mol. The summed E-state index contributed by atoms with van der Waals surface area (Å²) >= 11 is 0. The summed E-state index contributed by atoms with van der Waals surface area (Å²) in [5.74, 6) is 1.82. The first-order valence-corrected chi connectivity index (χ1v) is 8.56. The molecule has 0 aliphatic carbocycles. The molecular weight excluding hydrogens is 314 g/mol. The van der Waals surface area contributed by atoms with E-state index in [9.17, 15) is 0 Å². The second-order valence-electron chi connectivity index (χ2n) is 5.74. The Morgan fingerprint density at radius 1 is 1.00 bits per heavy atom. The topological polar surface area (TPSA) is 60.2 Å². The number of ether oxygens (including phenoxy) is 1. The second-order valence-corrected chi connectivity index (χ2v) is 5.74. The largest absolute Gasteiger partial charge is 0.497 e. The monoisotopic (exact) mass is 337 g/mol. The number of benzene rings is 2. The van der Waals surface area contributed by atoms with Gasteiger partial charge in [0.1, 0.15) is 5.75 Å². The van der Waals surface area contributed by atoms with E-state index in [0.29, 0.717) is 18.3 Å². The van der Waals surface area contributed by atoms with Gasteiger partial charge in [0.05, 0.1) is 13.7 Å². The normalized spacial score (nSPS) is 10.7. The predicted molar refractivity (Wildman–Crippen MR) is 98.8 cm³/mol. The zero-order chi connectivity index (χ0) is 17.6. The minimum absolute atomic E-state index is 0.496. The molecule has 3 rings (SSSR count).